The lowest BCUT2D eigenvalue weighted by atomic mass is 10.1. The van der Waals surface area contributed by atoms with Crippen molar-refractivity contribution >= 4 is 11.6 Å². The SMILES string of the molecule is Nc1ccc(CC(=O)NCC2CCCCO2)cc1. The van der Waals surface area contributed by atoms with Crippen molar-refractivity contribution in [2.75, 3.05) is 18.9 Å². The van der Waals surface area contributed by atoms with Crippen LogP contribution < -0.4 is 11.1 Å². The van der Waals surface area contributed by atoms with Gasteiger partial charge >= 0.3 is 0 Å². The zero-order valence-electron chi connectivity index (χ0n) is 10.5. The molecule has 1 atom stereocenters. The van der Waals surface area contributed by atoms with Gasteiger partial charge in [0, 0.05) is 18.8 Å². The highest BCUT2D eigenvalue weighted by Crippen LogP contribution is 2.11. The molecule has 1 heterocycles. The maximum atomic E-state index is 11.7. The molecule has 0 radical (unpaired) electrons. The summed E-state index contributed by atoms with van der Waals surface area (Å²) >= 11 is 0. The summed E-state index contributed by atoms with van der Waals surface area (Å²) in [5.41, 5.74) is 7.29. The maximum Gasteiger partial charge on any atom is 0.224 e. The number of benzene rings is 1. The first-order chi connectivity index (χ1) is 8.74. The summed E-state index contributed by atoms with van der Waals surface area (Å²) in [4.78, 5) is 11.7. The number of rotatable bonds is 4. The minimum atomic E-state index is 0.0361. The molecule has 98 valence electrons. The van der Waals surface area contributed by atoms with E-state index in [1.54, 1.807) is 0 Å². The molecule has 0 aliphatic carbocycles. The molecule has 4 heteroatoms. The maximum absolute atomic E-state index is 11.7. The van der Waals surface area contributed by atoms with Crippen molar-refractivity contribution in [1.29, 1.82) is 0 Å². The molecule has 1 unspecified atom stereocenters. The van der Waals surface area contributed by atoms with Gasteiger partial charge in [0.05, 0.1) is 12.5 Å². The Bertz CT molecular complexity index is 383. The average molecular weight is 248 g/mol. The number of nitrogens with two attached hydrogens (primary N) is 1. The molecule has 18 heavy (non-hydrogen) atoms. The van der Waals surface area contributed by atoms with Gasteiger partial charge in [0.1, 0.15) is 0 Å². The molecule has 2 rings (SSSR count). The van der Waals surface area contributed by atoms with E-state index in [0.717, 1.165) is 30.7 Å². The third kappa shape index (κ3) is 4.04. The highest BCUT2D eigenvalue weighted by atomic mass is 16.5. The number of carbonyl (C=O) groups is 1. The number of nitrogens with one attached hydrogen (secondary N) is 1. The summed E-state index contributed by atoms with van der Waals surface area (Å²) in [7, 11) is 0. The molecule has 4 nitrogen and oxygen atoms in total. The monoisotopic (exact) mass is 248 g/mol. The van der Waals surface area contributed by atoms with Gasteiger partial charge in [0.25, 0.3) is 0 Å². The second-order valence-corrected chi connectivity index (χ2v) is 4.71. The van der Waals surface area contributed by atoms with Crippen molar-refractivity contribution in [3.05, 3.63) is 29.8 Å². The summed E-state index contributed by atoms with van der Waals surface area (Å²) in [6.45, 7) is 1.44. The van der Waals surface area contributed by atoms with Gasteiger partial charge in [0.15, 0.2) is 0 Å². The Kier molecular flexibility index (Phi) is 4.59. The molecule has 0 bridgehead atoms. The van der Waals surface area contributed by atoms with E-state index in [9.17, 15) is 4.79 Å². The Morgan fingerprint density at radius 3 is 2.78 bits per heavy atom. The van der Waals surface area contributed by atoms with Crippen LogP contribution in [0.25, 0.3) is 0 Å². The third-order valence-electron chi connectivity index (χ3n) is 3.15. The van der Waals surface area contributed by atoms with E-state index in [1.807, 2.05) is 24.3 Å². The topological polar surface area (TPSA) is 64.4 Å². The number of hydrogen-bond donors (Lipinski definition) is 2. The summed E-state index contributed by atoms with van der Waals surface area (Å²) in [5, 5.41) is 2.92. The average Bonchev–Trinajstić information content (AvgIpc) is 2.40. The van der Waals surface area contributed by atoms with E-state index >= 15 is 0 Å². The molecular weight excluding hydrogens is 228 g/mol. The Hall–Kier alpha value is -1.55. The minimum absolute atomic E-state index is 0.0361. The predicted molar refractivity (Wildman–Crippen MR) is 71.2 cm³/mol. The van der Waals surface area contributed by atoms with Crippen LogP contribution in [0.15, 0.2) is 24.3 Å². The number of amides is 1. The van der Waals surface area contributed by atoms with Crippen LogP contribution >= 0.6 is 0 Å². The molecule has 1 aliphatic rings. The Balaban J connectivity index is 1.73. The van der Waals surface area contributed by atoms with Gasteiger partial charge in [0.2, 0.25) is 5.91 Å². The van der Waals surface area contributed by atoms with Crippen molar-refractivity contribution in [2.45, 2.75) is 31.8 Å². The lowest BCUT2D eigenvalue weighted by Gasteiger charge is -2.22. The Labute approximate surface area is 108 Å². The summed E-state index contributed by atoms with van der Waals surface area (Å²) in [5.74, 6) is 0.0361. The summed E-state index contributed by atoms with van der Waals surface area (Å²) in [6, 6.07) is 7.39. The third-order valence-corrected chi connectivity index (χ3v) is 3.15. The molecule has 1 aromatic carbocycles. The van der Waals surface area contributed by atoms with E-state index < -0.39 is 0 Å². The molecule has 3 N–H and O–H groups in total. The van der Waals surface area contributed by atoms with Crippen LogP contribution in [0.3, 0.4) is 0 Å². The highest BCUT2D eigenvalue weighted by Gasteiger charge is 2.14. The van der Waals surface area contributed by atoms with Crippen LogP contribution in [-0.2, 0) is 16.0 Å². The molecule has 1 amide bonds. The van der Waals surface area contributed by atoms with Crippen molar-refractivity contribution in [1.82, 2.24) is 5.32 Å². The zero-order valence-corrected chi connectivity index (χ0v) is 10.5. The van der Waals surface area contributed by atoms with Gasteiger partial charge in [-0.3, -0.25) is 4.79 Å². The second kappa shape index (κ2) is 6.40. The molecule has 1 saturated heterocycles. The normalized spacial score (nSPS) is 19.4. The molecule has 0 saturated carbocycles. The summed E-state index contributed by atoms with van der Waals surface area (Å²) < 4.78 is 5.56. The van der Waals surface area contributed by atoms with Gasteiger partial charge in [-0.25, -0.2) is 0 Å². The minimum Gasteiger partial charge on any atom is -0.399 e. The first kappa shape index (κ1) is 12.9. The molecule has 1 aromatic rings. The van der Waals surface area contributed by atoms with E-state index in [2.05, 4.69) is 5.32 Å². The fourth-order valence-electron chi connectivity index (χ4n) is 2.08. The smallest absolute Gasteiger partial charge is 0.224 e. The van der Waals surface area contributed by atoms with Crippen molar-refractivity contribution in [3.63, 3.8) is 0 Å². The fourth-order valence-corrected chi connectivity index (χ4v) is 2.08. The van der Waals surface area contributed by atoms with Gasteiger partial charge in [-0.05, 0) is 37.0 Å². The number of ether oxygens (including phenoxy) is 1. The van der Waals surface area contributed by atoms with Crippen LogP contribution in [0.4, 0.5) is 5.69 Å². The molecule has 0 aromatic heterocycles. The predicted octanol–water partition coefficient (Wildman–Crippen LogP) is 1.50. The standard InChI is InChI=1S/C14H20N2O2/c15-12-6-4-11(5-7-12)9-14(17)16-10-13-3-1-2-8-18-13/h4-7,13H,1-3,8-10,15H2,(H,16,17). The lowest BCUT2D eigenvalue weighted by Crippen LogP contribution is -2.36. The molecular formula is C14H20N2O2. The summed E-state index contributed by atoms with van der Waals surface area (Å²) in [6.07, 6.45) is 3.96. The Morgan fingerprint density at radius 2 is 2.11 bits per heavy atom. The van der Waals surface area contributed by atoms with Crippen LogP contribution in [0.1, 0.15) is 24.8 Å². The Morgan fingerprint density at radius 1 is 1.33 bits per heavy atom. The molecule has 0 spiro atoms. The quantitative estimate of drug-likeness (QED) is 0.794. The largest absolute Gasteiger partial charge is 0.399 e. The van der Waals surface area contributed by atoms with Crippen LogP contribution in [-0.4, -0.2) is 25.2 Å². The fraction of sp³-hybridized carbons (Fsp3) is 0.500. The van der Waals surface area contributed by atoms with Gasteiger partial charge in [-0.15, -0.1) is 0 Å². The molecule has 1 aliphatic heterocycles. The number of carbonyl (C=O) groups excluding carboxylic acids is 1. The molecule has 1 fully saturated rings. The number of hydrogen-bond acceptors (Lipinski definition) is 3. The van der Waals surface area contributed by atoms with E-state index in [0.29, 0.717) is 13.0 Å². The number of nitrogen functional groups attached to an aromatic ring is 1. The zero-order chi connectivity index (χ0) is 12.8. The first-order valence-electron chi connectivity index (χ1n) is 6.47. The first-order valence-corrected chi connectivity index (χ1v) is 6.47. The highest BCUT2D eigenvalue weighted by molar-refractivity contribution is 5.78. The van der Waals surface area contributed by atoms with Crippen LogP contribution in [0.2, 0.25) is 0 Å². The van der Waals surface area contributed by atoms with Crippen LogP contribution in [0.5, 0.6) is 0 Å². The van der Waals surface area contributed by atoms with Gasteiger partial charge in [-0.2, -0.15) is 0 Å². The van der Waals surface area contributed by atoms with Crippen molar-refractivity contribution in [2.24, 2.45) is 0 Å². The van der Waals surface area contributed by atoms with Crippen molar-refractivity contribution in [3.8, 4) is 0 Å². The van der Waals surface area contributed by atoms with Crippen molar-refractivity contribution < 1.29 is 9.53 Å². The van der Waals surface area contributed by atoms with E-state index in [4.69, 9.17) is 10.5 Å². The van der Waals surface area contributed by atoms with Gasteiger partial charge in [-0.1, -0.05) is 12.1 Å². The number of anilines is 1. The van der Waals surface area contributed by atoms with Gasteiger partial charge < -0.3 is 15.8 Å². The van der Waals surface area contributed by atoms with E-state index in [-0.39, 0.29) is 12.0 Å². The van der Waals surface area contributed by atoms with E-state index in [1.165, 1.54) is 6.42 Å². The van der Waals surface area contributed by atoms with Crippen LogP contribution in [0, 0.1) is 0 Å². The second-order valence-electron chi connectivity index (χ2n) is 4.71. The lowest BCUT2D eigenvalue weighted by molar-refractivity contribution is -0.121.